The van der Waals surface area contributed by atoms with Gasteiger partial charge in [0.2, 0.25) is 0 Å². The molecule has 0 bridgehead atoms. The second-order valence-electron chi connectivity index (χ2n) is 3.94. The minimum absolute atomic E-state index is 0.788. The average molecular weight is 164 g/mol. The van der Waals surface area contributed by atoms with Gasteiger partial charge in [-0.2, -0.15) is 0 Å². The maximum atomic E-state index is 3.63. The minimum Gasteiger partial charge on any atom is -0.133 e. The third kappa shape index (κ3) is 2.87. The summed E-state index contributed by atoms with van der Waals surface area (Å²) < 4.78 is 0. The second-order valence-corrected chi connectivity index (χ2v) is 3.94. The van der Waals surface area contributed by atoms with E-state index in [2.05, 4.69) is 25.3 Å². The van der Waals surface area contributed by atoms with Crippen molar-refractivity contribution in [1.82, 2.24) is 0 Å². The topological polar surface area (TPSA) is 0 Å². The van der Waals surface area contributed by atoms with Gasteiger partial charge in [0, 0.05) is 0 Å². The van der Waals surface area contributed by atoms with Gasteiger partial charge in [-0.15, -0.1) is 5.73 Å². The lowest BCUT2D eigenvalue weighted by molar-refractivity contribution is 0.294. The molecule has 0 aromatic carbocycles. The minimum atomic E-state index is 0.788. The molecule has 0 heteroatoms. The Kier molecular flexibility index (Phi) is 4.18. The Labute approximate surface area is 76.4 Å². The number of rotatable bonds is 3. The van der Waals surface area contributed by atoms with E-state index in [0.29, 0.717) is 0 Å². The zero-order valence-electron chi connectivity index (χ0n) is 8.18. The lowest BCUT2D eigenvalue weighted by Gasteiger charge is -2.25. The van der Waals surface area contributed by atoms with Crippen LogP contribution in [-0.4, -0.2) is 0 Å². The monoisotopic (exact) mass is 164 g/mol. The van der Waals surface area contributed by atoms with E-state index < -0.39 is 0 Å². The van der Waals surface area contributed by atoms with Gasteiger partial charge in [-0.05, 0) is 43.6 Å². The number of hydrogen-bond acceptors (Lipinski definition) is 0. The Morgan fingerprint density at radius 2 is 2.00 bits per heavy atom. The molecule has 0 atom stereocenters. The van der Waals surface area contributed by atoms with Gasteiger partial charge in [-0.3, -0.25) is 0 Å². The van der Waals surface area contributed by atoms with Gasteiger partial charge in [0.05, 0.1) is 0 Å². The summed E-state index contributed by atoms with van der Waals surface area (Å²) in [5.74, 6) is 1.81. The quantitative estimate of drug-likeness (QED) is 0.554. The molecule has 0 saturated heterocycles. The van der Waals surface area contributed by atoms with Crippen LogP contribution >= 0.6 is 0 Å². The van der Waals surface area contributed by atoms with Gasteiger partial charge < -0.3 is 0 Å². The molecular weight excluding hydrogens is 144 g/mol. The van der Waals surface area contributed by atoms with Crippen molar-refractivity contribution in [2.45, 2.75) is 45.4 Å². The SMILES string of the molecule is C=C=CC1CCC(CCC)CC1. The predicted octanol–water partition coefficient (Wildman–Crippen LogP) is 3.93. The van der Waals surface area contributed by atoms with Crippen molar-refractivity contribution in [2.24, 2.45) is 11.8 Å². The molecule has 0 heterocycles. The highest BCUT2D eigenvalue weighted by molar-refractivity contribution is 4.87. The zero-order valence-corrected chi connectivity index (χ0v) is 8.18. The molecule has 0 radical (unpaired) electrons. The fourth-order valence-electron chi connectivity index (χ4n) is 2.22. The summed E-state index contributed by atoms with van der Waals surface area (Å²) in [6, 6.07) is 0. The van der Waals surface area contributed by atoms with E-state index in [0.717, 1.165) is 11.8 Å². The second kappa shape index (κ2) is 5.22. The Balaban J connectivity index is 2.24. The summed E-state index contributed by atoms with van der Waals surface area (Å²) in [6.07, 6.45) is 10.5. The summed E-state index contributed by atoms with van der Waals surface area (Å²) in [7, 11) is 0. The predicted molar refractivity (Wildman–Crippen MR) is 54.1 cm³/mol. The van der Waals surface area contributed by atoms with Crippen molar-refractivity contribution in [3.8, 4) is 0 Å². The van der Waals surface area contributed by atoms with Crippen molar-refractivity contribution >= 4 is 0 Å². The van der Waals surface area contributed by atoms with Crippen LogP contribution in [0.1, 0.15) is 45.4 Å². The molecule has 0 N–H and O–H groups in total. The highest BCUT2D eigenvalue weighted by Crippen LogP contribution is 2.31. The lowest BCUT2D eigenvalue weighted by atomic mass is 9.80. The summed E-state index contributed by atoms with van der Waals surface area (Å²) in [4.78, 5) is 0. The Morgan fingerprint density at radius 1 is 1.33 bits per heavy atom. The van der Waals surface area contributed by atoms with Crippen LogP contribution in [0.4, 0.5) is 0 Å². The molecule has 0 nitrogen and oxygen atoms in total. The van der Waals surface area contributed by atoms with E-state index in [1.54, 1.807) is 0 Å². The van der Waals surface area contributed by atoms with E-state index in [-0.39, 0.29) is 0 Å². The normalized spacial score (nSPS) is 29.4. The molecule has 12 heavy (non-hydrogen) atoms. The van der Waals surface area contributed by atoms with Crippen molar-refractivity contribution < 1.29 is 0 Å². The summed E-state index contributed by atoms with van der Waals surface area (Å²) in [6.45, 7) is 5.92. The van der Waals surface area contributed by atoms with E-state index in [4.69, 9.17) is 0 Å². The Morgan fingerprint density at radius 3 is 2.50 bits per heavy atom. The maximum Gasteiger partial charge on any atom is -0.0157 e. The molecule has 68 valence electrons. The highest BCUT2D eigenvalue weighted by atomic mass is 14.2. The first-order chi connectivity index (χ1) is 5.86. The first-order valence-electron chi connectivity index (χ1n) is 5.22. The summed E-state index contributed by atoms with van der Waals surface area (Å²) >= 11 is 0. The van der Waals surface area contributed by atoms with Gasteiger partial charge >= 0.3 is 0 Å². The molecule has 0 aromatic rings. The van der Waals surface area contributed by atoms with Crippen molar-refractivity contribution in [1.29, 1.82) is 0 Å². The number of allylic oxidation sites excluding steroid dienone is 1. The van der Waals surface area contributed by atoms with Crippen LogP contribution < -0.4 is 0 Å². The first kappa shape index (κ1) is 9.61. The van der Waals surface area contributed by atoms with Gasteiger partial charge in [0.15, 0.2) is 0 Å². The molecule has 1 fully saturated rings. The third-order valence-electron chi connectivity index (χ3n) is 2.94. The van der Waals surface area contributed by atoms with E-state index >= 15 is 0 Å². The van der Waals surface area contributed by atoms with E-state index in [1.807, 2.05) is 0 Å². The summed E-state index contributed by atoms with van der Waals surface area (Å²) in [5.41, 5.74) is 2.91. The van der Waals surface area contributed by atoms with Gasteiger partial charge in [-0.25, -0.2) is 0 Å². The van der Waals surface area contributed by atoms with Crippen LogP contribution in [0.3, 0.4) is 0 Å². The maximum absolute atomic E-state index is 3.63. The van der Waals surface area contributed by atoms with Crippen LogP contribution in [0.25, 0.3) is 0 Å². The Bertz CT molecular complexity index is 155. The summed E-state index contributed by atoms with van der Waals surface area (Å²) in [5, 5.41) is 0. The van der Waals surface area contributed by atoms with E-state index in [1.165, 1.54) is 38.5 Å². The average Bonchev–Trinajstić information content (AvgIpc) is 2.09. The molecule has 0 unspecified atom stereocenters. The van der Waals surface area contributed by atoms with Crippen molar-refractivity contribution in [3.05, 3.63) is 18.4 Å². The number of hydrogen-bond donors (Lipinski definition) is 0. The smallest absolute Gasteiger partial charge is 0.0157 e. The van der Waals surface area contributed by atoms with Gasteiger partial charge in [-0.1, -0.05) is 26.3 Å². The van der Waals surface area contributed by atoms with E-state index in [9.17, 15) is 0 Å². The molecule has 1 rings (SSSR count). The fraction of sp³-hybridized carbons (Fsp3) is 0.750. The lowest BCUT2D eigenvalue weighted by Crippen LogP contribution is -2.12. The molecule has 0 amide bonds. The molecule has 0 aliphatic heterocycles. The standard InChI is InChI=1S/C12H20/c1-3-5-11-7-9-12(6-4-2)10-8-11/h5,11-12H,1,4,6-10H2,2H3. The van der Waals surface area contributed by atoms with Crippen LogP contribution in [-0.2, 0) is 0 Å². The molecule has 0 aromatic heterocycles. The molecule has 1 saturated carbocycles. The van der Waals surface area contributed by atoms with Crippen molar-refractivity contribution in [3.63, 3.8) is 0 Å². The highest BCUT2D eigenvalue weighted by Gasteiger charge is 2.18. The Hall–Kier alpha value is -0.480. The molecule has 1 aliphatic rings. The fourth-order valence-corrected chi connectivity index (χ4v) is 2.22. The zero-order chi connectivity index (χ0) is 8.81. The van der Waals surface area contributed by atoms with Crippen molar-refractivity contribution in [2.75, 3.05) is 0 Å². The first-order valence-corrected chi connectivity index (χ1v) is 5.22. The van der Waals surface area contributed by atoms with Gasteiger partial charge in [0.1, 0.15) is 0 Å². The van der Waals surface area contributed by atoms with Crippen LogP contribution in [0.2, 0.25) is 0 Å². The third-order valence-corrected chi connectivity index (χ3v) is 2.94. The van der Waals surface area contributed by atoms with Crippen LogP contribution in [0, 0.1) is 11.8 Å². The van der Waals surface area contributed by atoms with Crippen LogP contribution in [0.5, 0.6) is 0 Å². The molecular formula is C12H20. The molecule has 0 spiro atoms. The largest absolute Gasteiger partial charge is 0.133 e. The van der Waals surface area contributed by atoms with Crippen LogP contribution in [0.15, 0.2) is 18.4 Å². The molecule has 1 aliphatic carbocycles. The van der Waals surface area contributed by atoms with Gasteiger partial charge in [0.25, 0.3) is 0 Å².